The quantitative estimate of drug-likeness (QED) is 0.547. The molecule has 1 saturated heterocycles. The Kier molecular flexibility index (Phi) is 15.2. The third-order valence-electron chi connectivity index (χ3n) is 2.97. The Morgan fingerprint density at radius 1 is 1.19 bits per heavy atom. The van der Waals surface area contributed by atoms with Crippen molar-refractivity contribution in [2.45, 2.75) is 52.1 Å². The fraction of sp³-hybridized carbons (Fsp3) is 1.00. The summed E-state index contributed by atoms with van der Waals surface area (Å²) in [6.07, 6.45) is 7.13. The number of ether oxygens (including phenoxy) is 1. The van der Waals surface area contributed by atoms with Crippen LogP contribution in [0.25, 0.3) is 0 Å². The molecule has 1 fully saturated rings. The van der Waals surface area contributed by atoms with Gasteiger partial charge in [0.2, 0.25) is 0 Å². The van der Waals surface area contributed by atoms with E-state index < -0.39 is 10.2 Å². The highest BCUT2D eigenvalue weighted by Crippen LogP contribution is 2.26. The van der Waals surface area contributed by atoms with Crippen LogP contribution in [-0.4, -0.2) is 37.1 Å². The van der Waals surface area contributed by atoms with Crippen molar-refractivity contribution >= 4 is 0 Å². The zero-order valence-corrected chi connectivity index (χ0v) is 13.1. The molecule has 0 N–H and O–H groups in total. The highest BCUT2D eigenvalue weighted by molar-refractivity contribution is 4.73. The number of rotatable bonds is 6. The molecule has 0 saturated carbocycles. The molecule has 0 aliphatic carbocycles. The van der Waals surface area contributed by atoms with Crippen LogP contribution in [0.4, 0.5) is 0 Å². The predicted octanol–water partition coefficient (Wildman–Crippen LogP) is 2.64. The number of hydrogen-bond acceptors (Lipinski definition) is 7. The molecule has 1 heterocycles. The van der Waals surface area contributed by atoms with E-state index in [1.807, 2.05) is 0 Å². The van der Waals surface area contributed by atoms with Crippen LogP contribution < -0.4 is 0 Å². The van der Waals surface area contributed by atoms with E-state index in [1.165, 1.54) is 32.1 Å². The van der Waals surface area contributed by atoms with Gasteiger partial charge in [0.1, 0.15) is 0 Å². The minimum atomic E-state index is -0.875. The van der Waals surface area contributed by atoms with Gasteiger partial charge in [0.05, 0.1) is 20.3 Å². The van der Waals surface area contributed by atoms with Gasteiger partial charge in [-0.3, -0.25) is 0 Å². The van der Waals surface area contributed by atoms with Crippen molar-refractivity contribution in [1.29, 1.82) is 0 Å². The van der Waals surface area contributed by atoms with E-state index >= 15 is 0 Å². The van der Waals surface area contributed by atoms with Gasteiger partial charge in [-0.05, 0) is 25.2 Å². The molecule has 21 heavy (non-hydrogen) atoms. The zero-order chi connectivity index (χ0) is 16.7. The van der Waals surface area contributed by atoms with E-state index in [4.69, 9.17) is 25.0 Å². The van der Waals surface area contributed by atoms with Crippen LogP contribution >= 0.6 is 0 Å². The second-order valence-corrected chi connectivity index (χ2v) is 4.32. The van der Waals surface area contributed by atoms with Crippen molar-refractivity contribution in [3.05, 3.63) is 20.2 Å². The van der Waals surface area contributed by atoms with Crippen molar-refractivity contribution < 1.29 is 24.6 Å². The zero-order valence-electron chi connectivity index (χ0n) is 13.1. The molecule has 0 amide bonds. The molecule has 0 aromatic rings. The molecule has 0 aromatic carbocycles. The molecule has 1 aliphatic heterocycles. The highest BCUT2D eigenvalue weighted by Gasteiger charge is 2.23. The highest BCUT2D eigenvalue weighted by atomic mass is 16.9. The average molecular weight is 310 g/mol. The van der Waals surface area contributed by atoms with Gasteiger partial charge in [-0.15, -0.1) is 20.2 Å². The first kappa shape index (κ1) is 21.7. The number of hydrogen-bond donors (Lipinski definition) is 0. The minimum Gasteiger partial charge on any atom is -0.378 e. The van der Waals surface area contributed by atoms with Crippen LogP contribution in [0.5, 0.6) is 0 Å². The van der Waals surface area contributed by atoms with E-state index in [9.17, 15) is 0 Å². The van der Waals surface area contributed by atoms with Crippen LogP contribution in [-0.2, 0) is 14.4 Å². The summed E-state index contributed by atoms with van der Waals surface area (Å²) in [5.74, 6) is 0.836. The molecule has 0 radical (unpaired) electrons. The maximum absolute atomic E-state index is 8.95. The molecule has 2 unspecified atom stereocenters. The van der Waals surface area contributed by atoms with Crippen molar-refractivity contribution in [3.63, 3.8) is 0 Å². The molecular formula is C12H26N2O7. The Labute approximate surface area is 124 Å². The van der Waals surface area contributed by atoms with Crippen molar-refractivity contribution in [2.75, 3.05) is 20.8 Å². The Balaban J connectivity index is 0. The molecule has 0 bridgehead atoms. The topological polar surface area (TPSA) is 114 Å². The summed E-state index contributed by atoms with van der Waals surface area (Å²) in [4.78, 5) is 24.8. The van der Waals surface area contributed by atoms with Crippen LogP contribution in [0.15, 0.2) is 0 Å². The van der Waals surface area contributed by atoms with Gasteiger partial charge < -0.3 is 14.4 Å². The lowest BCUT2D eigenvalue weighted by Gasteiger charge is -2.20. The molecule has 1 rings (SSSR count). The summed E-state index contributed by atoms with van der Waals surface area (Å²) in [5.41, 5.74) is 0. The van der Waals surface area contributed by atoms with Gasteiger partial charge in [-0.2, -0.15) is 0 Å². The molecule has 0 spiro atoms. The van der Waals surface area contributed by atoms with Gasteiger partial charge in [0, 0.05) is 6.61 Å². The van der Waals surface area contributed by atoms with Crippen LogP contribution in [0.2, 0.25) is 0 Å². The molecule has 1 aliphatic rings. The molecular weight excluding hydrogens is 284 g/mol. The first-order chi connectivity index (χ1) is 9.92. The van der Waals surface area contributed by atoms with E-state index in [0.717, 1.165) is 26.7 Å². The van der Waals surface area contributed by atoms with E-state index in [1.54, 1.807) is 0 Å². The monoisotopic (exact) mass is 310 g/mol. The van der Waals surface area contributed by atoms with Crippen LogP contribution in [0.1, 0.15) is 46.0 Å². The summed E-state index contributed by atoms with van der Waals surface area (Å²) >= 11 is 0. The largest absolute Gasteiger partial charge is 0.378 e. The predicted molar refractivity (Wildman–Crippen MR) is 75.7 cm³/mol. The van der Waals surface area contributed by atoms with Gasteiger partial charge in [-0.1, -0.05) is 26.7 Å². The molecule has 2 atom stereocenters. The summed E-state index contributed by atoms with van der Waals surface area (Å²) in [7, 11) is 2.00. The Morgan fingerprint density at radius 2 is 1.67 bits per heavy atom. The van der Waals surface area contributed by atoms with Crippen molar-refractivity contribution in [3.8, 4) is 0 Å². The van der Waals surface area contributed by atoms with Gasteiger partial charge in [0.25, 0.3) is 10.2 Å². The molecule has 126 valence electrons. The lowest BCUT2D eigenvalue weighted by molar-refractivity contribution is -0.749. The smallest absolute Gasteiger partial charge is 0.294 e. The second-order valence-electron chi connectivity index (χ2n) is 4.32. The van der Waals surface area contributed by atoms with Crippen LogP contribution in [0, 0.1) is 26.1 Å². The summed E-state index contributed by atoms with van der Waals surface area (Å²) in [6.45, 7) is 5.55. The molecule has 9 heteroatoms. The van der Waals surface area contributed by atoms with Gasteiger partial charge >= 0.3 is 0 Å². The SMILES string of the molecule is CCCC(CC)C1CCCO1.CO[N+](=O)[O-].CO[N+](=O)[O-]. The van der Waals surface area contributed by atoms with E-state index in [0.29, 0.717) is 6.10 Å². The first-order valence-electron chi connectivity index (χ1n) is 6.91. The lowest BCUT2D eigenvalue weighted by atomic mass is 9.93. The lowest BCUT2D eigenvalue weighted by Crippen LogP contribution is -2.18. The normalized spacial score (nSPS) is 17.4. The third-order valence-corrected chi connectivity index (χ3v) is 2.97. The summed E-state index contributed by atoms with van der Waals surface area (Å²) in [5, 5.41) is 16.2. The number of nitrogens with zero attached hydrogens (tertiary/aromatic N) is 2. The van der Waals surface area contributed by atoms with Gasteiger partial charge in [0.15, 0.2) is 0 Å². The summed E-state index contributed by atoms with van der Waals surface area (Å²) < 4.78 is 5.66. The van der Waals surface area contributed by atoms with E-state index in [2.05, 4.69) is 23.5 Å². The fourth-order valence-corrected chi connectivity index (χ4v) is 2.00. The summed E-state index contributed by atoms with van der Waals surface area (Å²) in [6, 6.07) is 0. The van der Waals surface area contributed by atoms with Crippen molar-refractivity contribution in [1.82, 2.24) is 0 Å². The standard InChI is InChI=1S/C10H20O.2CH3NO3/c1-3-6-9(4-2)10-7-5-8-11-10;2*1-5-2(3)4/h9-10H,3-8H2,1-2H3;2*1H3. The second kappa shape index (κ2) is 14.8. The molecule has 0 aromatic heterocycles. The van der Waals surface area contributed by atoms with Crippen LogP contribution in [0.3, 0.4) is 0 Å². The Bertz CT molecular complexity index is 256. The van der Waals surface area contributed by atoms with Gasteiger partial charge in [-0.25, -0.2) is 0 Å². The van der Waals surface area contributed by atoms with Crippen molar-refractivity contribution in [2.24, 2.45) is 5.92 Å². The third kappa shape index (κ3) is 14.6. The Morgan fingerprint density at radius 3 is 1.90 bits per heavy atom. The fourth-order valence-electron chi connectivity index (χ4n) is 2.00. The first-order valence-corrected chi connectivity index (χ1v) is 6.91. The maximum atomic E-state index is 8.95. The maximum Gasteiger partial charge on any atom is 0.294 e. The van der Waals surface area contributed by atoms with E-state index in [-0.39, 0.29) is 0 Å². The average Bonchev–Trinajstić information content (AvgIpc) is 3.00. The molecule has 9 nitrogen and oxygen atoms in total. The minimum absolute atomic E-state index is 0.597. The Hall–Kier alpha value is -1.64.